The van der Waals surface area contributed by atoms with Crippen molar-refractivity contribution in [1.29, 1.82) is 0 Å². The van der Waals surface area contributed by atoms with Crippen LogP contribution in [-0.4, -0.2) is 23.2 Å². The number of unbranched alkanes of at least 4 members (excludes halogenated alkanes) is 1. The lowest BCUT2D eigenvalue weighted by atomic mass is 10.4. The molecule has 0 aliphatic heterocycles. The van der Waals surface area contributed by atoms with Gasteiger partial charge in [-0.1, -0.05) is 13.3 Å². The summed E-state index contributed by atoms with van der Waals surface area (Å²) in [7, 11) is -7.26. The largest absolute Gasteiger partial charge is 0.455 e. The minimum absolute atomic E-state index is 0.433. The van der Waals surface area contributed by atoms with Crippen molar-refractivity contribution < 1.29 is 17.5 Å². The van der Waals surface area contributed by atoms with Crippen LogP contribution in [0, 0.1) is 0 Å². The molecule has 0 aromatic heterocycles. The summed E-state index contributed by atoms with van der Waals surface area (Å²) < 4.78 is 29.2. The second-order valence-electron chi connectivity index (χ2n) is 6.04. The van der Waals surface area contributed by atoms with Crippen LogP contribution >= 0.6 is 7.82 Å². The zero-order chi connectivity index (χ0) is 13.7. The van der Waals surface area contributed by atoms with E-state index in [1.165, 1.54) is 0 Å². The van der Waals surface area contributed by atoms with Crippen molar-refractivity contribution in [3.8, 4) is 0 Å². The maximum atomic E-state index is 12.5. The number of hydrogen-bond acceptors (Lipinski definition) is 4. The second kappa shape index (κ2) is 6.64. The van der Waals surface area contributed by atoms with Gasteiger partial charge in [0, 0.05) is 0 Å². The molecule has 0 atom stereocenters. The molecular formula is C10H27O4PSi2. The normalized spacial score (nSPS) is 14.1. The Kier molecular flexibility index (Phi) is 6.85. The Morgan fingerprint density at radius 2 is 1.35 bits per heavy atom. The number of hydrogen-bond donors (Lipinski definition) is 0. The van der Waals surface area contributed by atoms with Crippen LogP contribution in [0.15, 0.2) is 0 Å². The monoisotopic (exact) mass is 298 g/mol. The standard InChI is InChI=1S/C10H27O4PSi2/c1-8-9-10-12-15(11,13-16(2,3)4)14-17(5,6)7/h8-10H2,1-7H3. The van der Waals surface area contributed by atoms with E-state index in [9.17, 15) is 4.57 Å². The Balaban J connectivity index is 4.64. The smallest absolute Gasteiger partial charge is 0.331 e. The van der Waals surface area contributed by atoms with E-state index < -0.39 is 24.5 Å². The average Bonchev–Trinajstić information content (AvgIpc) is 1.96. The Labute approximate surface area is 108 Å². The highest BCUT2D eigenvalue weighted by atomic mass is 31.2. The Hall–Kier alpha value is 0.544. The van der Waals surface area contributed by atoms with Gasteiger partial charge in [-0.15, -0.1) is 0 Å². The van der Waals surface area contributed by atoms with E-state index in [0.29, 0.717) is 6.61 Å². The average molecular weight is 298 g/mol. The fourth-order valence-electron chi connectivity index (χ4n) is 1.06. The molecule has 0 N–H and O–H groups in total. The molecule has 0 aliphatic rings. The van der Waals surface area contributed by atoms with Gasteiger partial charge in [-0.05, 0) is 45.7 Å². The van der Waals surface area contributed by atoms with Crippen LogP contribution in [0.3, 0.4) is 0 Å². The van der Waals surface area contributed by atoms with E-state index in [1.54, 1.807) is 0 Å². The maximum absolute atomic E-state index is 12.5. The van der Waals surface area contributed by atoms with Crippen molar-refractivity contribution in [2.45, 2.75) is 59.0 Å². The molecule has 17 heavy (non-hydrogen) atoms. The summed E-state index contributed by atoms with van der Waals surface area (Å²) in [4.78, 5) is 0. The number of rotatable bonds is 8. The Bertz CT molecular complexity index is 250. The van der Waals surface area contributed by atoms with E-state index in [2.05, 4.69) is 6.92 Å². The van der Waals surface area contributed by atoms with Gasteiger partial charge in [0.05, 0.1) is 6.61 Å². The first kappa shape index (κ1) is 17.5. The molecule has 0 saturated carbocycles. The maximum Gasteiger partial charge on any atom is 0.455 e. The minimum atomic E-state index is -3.37. The van der Waals surface area contributed by atoms with Crippen LogP contribution in [0.25, 0.3) is 0 Å². The fraction of sp³-hybridized carbons (Fsp3) is 1.00. The summed E-state index contributed by atoms with van der Waals surface area (Å²) in [5.41, 5.74) is 0. The molecule has 0 radical (unpaired) electrons. The molecular weight excluding hydrogens is 271 g/mol. The molecule has 4 nitrogen and oxygen atoms in total. The van der Waals surface area contributed by atoms with Crippen LogP contribution in [0.2, 0.25) is 39.3 Å². The third-order valence-corrected chi connectivity index (χ3v) is 8.19. The zero-order valence-electron chi connectivity index (χ0n) is 12.2. The summed E-state index contributed by atoms with van der Waals surface area (Å²) in [6.07, 6.45) is 1.87. The molecule has 0 bridgehead atoms. The van der Waals surface area contributed by atoms with Crippen molar-refractivity contribution in [2.75, 3.05) is 6.61 Å². The van der Waals surface area contributed by atoms with E-state index in [-0.39, 0.29) is 0 Å². The van der Waals surface area contributed by atoms with Crippen LogP contribution in [-0.2, 0) is 17.5 Å². The zero-order valence-corrected chi connectivity index (χ0v) is 15.1. The molecule has 0 amide bonds. The molecule has 104 valence electrons. The van der Waals surface area contributed by atoms with E-state index in [4.69, 9.17) is 12.9 Å². The Morgan fingerprint density at radius 3 is 1.65 bits per heavy atom. The van der Waals surface area contributed by atoms with Crippen LogP contribution in [0.1, 0.15) is 19.8 Å². The van der Waals surface area contributed by atoms with Gasteiger partial charge in [0.1, 0.15) is 0 Å². The van der Waals surface area contributed by atoms with Crippen molar-refractivity contribution in [2.24, 2.45) is 0 Å². The highest BCUT2D eigenvalue weighted by Gasteiger charge is 2.37. The molecule has 0 rings (SSSR count). The minimum Gasteiger partial charge on any atom is -0.331 e. The molecule has 0 aliphatic carbocycles. The van der Waals surface area contributed by atoms with Crippen molar-refractivity contribution >= 4 is 24.5 Å². The highest BCUT2D eigenvalue weighted by molar-refractivity contribution is 7.52. The molecule has 7 heteroatoms. The lowest BCUT2D eigenvalue weighted by molar-refractivity contribution is 0.203. The van der Waals surface area contributed by atoms with Crippen molar-refractivity contribution in [1.82, 2.24) is 0 Å². The van der Waals surface area contributed by atoms with E-state index >= 15 is 0 Å². The summed E-state index contributed by atoms with van der Waals surface area (Å²) >= 11 is 0. The topological polar surface area (TPSA) is 44.8 Å². The number of phosphoric acid groups is 1. The molecule has 0 fully saturated rings. The molecule has 0 unspecified atom stereocenters. The highest BCUT2D eigenvalue weighted by Crippen LogP contribution is 2.54. The van der Waals surface area contributed by atoms with Crippen LogP contribution in [0.5, 0.6) is 0 Å². The van der Waals surface area contributed by atoms with Gasteiger partial charge >= 0.3 is 7.82 Å². The van der Waals surface area contributed by atoms with Gasteiger partial charge in [0.15, 0.2) is 16.6 Å². The predicted octanol–water partition coefficient (Wildman–Crippen LogP) is 4.61. The first-order valence-electron chi connectivity index (χ1n) is 6.13. The van der Waals surface area contributed by atoms with E-state index in [1.807, 2.05) is 39.3 Å². The summed E-state index contributed by atoms with van der Waals surface area (Å²) in [6, 6.07) is 0. The molecule has 0 heterocycles. The fourth-order valence-corrected chi connectivity index (χ4v) is 7.69. The van der Waals surface area contributed by atoms with Gasteiger partial charge in [-0.3, -0.25) is 4.52 Å². The van der Waals surface area contributed by atoms with Gasteiger partial charge in [-0.25, -0.2) is 4.57 Å². The van der Waals surface area contributed by atoms with Gasteiger partial charge < -0.3 is 8.43 Å². The summed E-state index contributed by atoms with van der Waals surface area (Å²) in [5, 5.41) is 0. The van der Waals surface area contributed by atoms with Crippen LogP contribution in [0.4, 0.5) is 0 Å². The SMILES string of the molecule is CCCCOP(=O)(O[Si](C)(C)C)O[Si](C)(C)C. The van der Waals surface area contributed by atoms with Crippen molar-refractivity contribution in [3.05, 3.63) is 0 Å². The molecule has 0 aromatic carbocycles. The Morgan fingerprint density at radius 1 is 0.941 bits per heavy atom. The third kappa shape index (κ3) is 10.2. The molecule has 0 aromatic rings. The molecule has 0 saturated heterocycles. The third-order valence-electron chi connectivity index (χ3n) is 1.52. The predicted molar refractivity (Wildman–Crippen MR) is 77.3 cm³/mol. The lowest BCUT2D eigenvalue weighted by Crippen LogP contribution is -2.30. The summed E-state index contributed by atoms with van der Waals surface area (Å²) in [6.45, 7) is 14.4. The van der Waals surface area contributed by atoms with Gasteiger partial charge in [0.25, 0.3) is 0 Å². The van der Waals surface area contributed by atoms with Crippen molar-refractivity contribution in [3.63, 3.8) is 0 Å². The molecule has 0 spiro atoms. The lowest BCUT2D eigenvalue weighted by Gasteiger charge is -2.29. The van der Waals surface area contributed by atoms with E-state index in [0.717, 1.165) is 12.8 Å². The first-order valence-corrected chi connectivity index (χ1v) is 14.4. The van der Waals surface area contributed by atoms with Gasteiger partial charge in [-0.2, -0.15) is 0 Å². The van der Waals surface area contributed by atoms with Crippen LogP contribution < -0.4 is 0 Å². The van der Waals surface area contributed by atoms with Gasteiger partial charge in [0.2, 0.25) is 0 Å². The quantitative estimate of drug-likeness (QED) is 0.373. The second-order valence-corrected chi connectivity index (χ2v) is 17.1. The summed E-state index contributed by atoms with van der Waals surface area (Å²) in [5.74, 6) is 0. The first-order chi connectivity index (χ1) is 7.47.